The van der Waals surface area contributed by atoms with Gasteiger partial charge in [0.25, 0.3) is 0 Å². The number of aromatic carboxylic acids is 1. The molecule has 0 radical (unpaired) electrons. The van der Waals surface area contributed by atoms with Gasteiger partial charge in [-0.1, -0.05) is 30.3 Å². The Morgan fingerprint density at radius 2 is 1.91 bits per heavy atom. The largest absolute Gasteiger partial charge is 0.545 e. The molecule has 0 saturated carbocycles. The maximum atomic E-state index is 11.0. The molecule has 3 rings (SSSR count). The number of hydrogen-bond acceptors (Lipinski definition) is 3. The zero-order valence-corrected chi connectivity index (χ0v) is 12.5. The van der Waals surface area contributed by atoms with Crippen molar-refractivity contribution in [2.45, 2.75) is 6.54 Å². The van der Waals surface area contributed by atoms with E-state index >= 15 is 0 Å². The number of benzene rings is 2. The van der Waals surface area contributed by atoms with E-state index in [-0.39, 0.29) is 5.56 Å². The number of nitrogens with one attached hydrogen (secondary N) is 2. The highest BCUT2D eigenvalue weighted by Crippen LogP contribution is 2.27. The molecule has 0 spiro atoms. The van der Waals surface area contributed by atoms with Gasteiger partial charge in [-0.2, -0.15) is 5.10 Å². The molecule has 2 aromatic carbocycles. The minimum Gasteiger partial charge on any atom is -0.545 e. The fraction of sp³-hybridized carbons (Fsp3) is 0.176. The van der Waals surface area contributed by atoms with Crippen molar-refractivity contribution in [2.24, 2.45) is 0 Å². The van der Waals surface area contributed by atoms with Gasteiger partial charge in [0.1, 0.15) is 6.54 Å². The maximum Gasteiger partial charge on any atom is 0.102 e. The van der Waals surface area contributed by atoms with Crippen molar-refractivity contribution < 1.29 is 14.8 Å². The van der Waals surface area contributed by atoms with E-state index in [1.165, 1.54) is 16.5 Å². The van der Waals surface area contributed by atoms with E-state index in [9.17, 15) is 9.90 Å². The van der Waals surface area contributed by atoms with Crippen LogP contribution in [0, 0.1) is 0 Å². The molecule has 5 nitrogen and oxygen atoms in total. The van der Waals surface area contributed by atoms with Gasteiger partial charge < -0.3 is 14.8 Å². The molecular weight excluding hydrogens is 278 g/mol. The van der Waals surface area contributed by atoms with E-state index in [1.54, 1.807) is 12.1 Å². The number of carbonyl (C=O) groups is 1. The number of hydrogen-bond donors (Lipinski definition) is 2. The molecule has 1 heterocycles. The van der Waals surface area contributed by atoms with Crippen LogP contribution in [0.25, 0.3) is 22.2 Å². The highest BCUT2D eigenvalue weighted by Gasteiger charge is 2.09. The number of aromatic amines is 1. The zero-order valence-electron chi connectivity index (χ0n) is 12.5. The third-order valence-electron chi connectivity index (χ3n) is 3.58. The number of carbonyl (C=O) groups excluding carboxylic acids is 1. The SMILES string of the molecule is C[NH+](C)Cc1ccc(-c2n[nH]c3ccc(C(=O)[O-])cc23)cc1. The Balaban J connectivity index is 2.02. The number of quaternary nitrogens is 1. The number of aromatic nitrogens is 2. The van der Waals surface area contributed by atoms with Gasteiger partial charge in [-0.3, -0.25) is 5.10 Å². The Bertz CT molecular complexity index is 820. The third-order valence-corrected chi connectivity index (χ3v) is 3.58. The van der Waals surface area contributed by atoms with Crippen LogP contribution in [0.4, 0.5) is 0 Å². The van der Waals surface area contributed by atoms with Crippen LogP contribution >= 0.6 is 0 Å². The lowest BCUT2D eigenvalue weighted by Gasteiger charge is -2.07. The molecule has 0 aliphatic rings. The summed E-state index contributed by atoms with van der Waals surface area (Å²) in [5.41, 5.74) is 3.92. The van der Waals surface area contributed by atoms with Crippen LogP contribution in [0.1, 0.15) is 15.9 Å². The molecule has 0 atom stereocenters. The first-order chi connectivity index (χ1) is 10.5. The minimum absolute atomic E-state index is 0.156. The molecule has 0 unspecified atom stereocenters. The highest BCUT2D eigenvalue weighted by molar-refractivity contribution is 5.98. The maximum absolute atomic E-state index is 11.0. The second-order valence-electron chi connectivity index (χ2n) is 5.70. The van der Waals surface area contributed by atoms with Gasteiger partial charge >= 0.3 is 0 Å². The summed E-state index contributed by atoms with van der Waals surface area (Å²) in [4.78, 5) is 12.4. The monoisotopic (exact) mass is 295 g/mol. The predicted molar refractivity (Wildman–Crippen MR) is 82.4 cm³/mol. The van der Waals surface area contributed by atoms with Gasteiger partial charge in [0.2, 0.25) is 0 Å². The van der Waals surface area contributed by atoms with E-state index in [2.05, 4.69) is 36.4 Å². The Kier molecular flexibility index (Phi) is 3.65. The van der Waals surface area contributed by atoms with E-state index in [4.69, 9.17) is 0 Å². The smallest absolute Gasteiger partial charge is 0.102 e. The lowest BCUT2D eigenvalue weighted by Crippen LogP contribution is -3.04. The van der Waals surface area contributed by atoms with Gasteiger partial charge in [-0.15, -0.1) is 0 Å². The summed E-state index contributed by atoms with van der Waals surface area (Å²) in [7, 11) is 4.22. The fourth-order valence-corrected chi connectivity index (χ4v) is 2.55. The van der Waals surface area contributed by atoms with Crippen molar-refractivity contribution in [2.75, 3.05) is 14.1 Å². The van der Waals surface area contributed by atoms with Crippen LogP contribution in [0.5, 0.6) is 0 Å². The fourth-order valence-electron chi connectivity index (χ4n) is 2.55. The molecule has 1 aromatic heterocycles. The van der Waals surface area contributed by atoms with Crippen LogP contribution in [0.2, 0.25) is 0 Å². The van der Waals surface area contributed by atoms with E-state index < -0.39 is 5.97 Å². The molecule has 0 aliphatic heterocycles. The molecule has 0 bridgehead atoms. The first-order valence-corrected chi connectivity index (χ1v) is 7.12. The van der Waals surface area contributed by atoms with E-state index in [0.29, 0.717) is 0 Å². The first kappa shape index (κ1) is 14.3. The van der Waals surface area contributed by atoms with Gasteiger partial charge in [-0.05, 0) is 17.7 Å². The summed E-state index contributed by atoms with van der Waals surface area (Å²) < 4.78 is 0. The summed E-state index contributed by atoms with van der Waals surface area (Å²) in [6, 6.07) is 13.0. The number of H-pyrrole nitrogens is 1. The molecule has 2 N–H and O–H groups in total. The Morgan fingerprint density at radius 3 is 2.55 bits per heavy atom. The summed E-state index contributed by atoms with van der Waals surface area (Å²) >= 11 is 0. The van der Waals surface area contributed by atoms with Crippen molar-refractivity contribution >= 4 is 16.9 Å². The number of carboxylic acid groups (broad SMARTS) is 1. The molecule has 0 aliphatic carbocycles. The lowest BCUT2D eigenvalue weighted by molar-refractivity contribution is -0.872. The van der Waals surface area contributed by atoms with Crippen molar-refractivity contribution in [3.05, 3.63) is 53.6 Å². The van der Waals surface area contributed by atoms with Crippen molar-refractivity contribution in [3.63, 3.8) is 0 Å². The van der Waals surface area contributed by atoms with Crippen LogP contribution < -0.4 is 10.0 Å². The Hall–Kier alpha value is -2.66. The second-order valence-corrected chi connectivity index (χ2v) is 5.70. The summed E-state index contributed by atoms with van der Waals surface area (Å²) in [6.07, 6.45) is 0. The third kappa shape index (κ3) is 2.71. The van der Waals surface area contributed by atoms with Gasteiger partial charge in [0.05, 0.1) is 31.3 Å². The molecular formula is C17H17N3O2. The number of rotatable bonds is 4. The minimum atomic E-state index is -1.18. The van der Waals surface area contributed by atoms with Crippen molar-refractivity contribution in [3.8, 4) is 11.3 Å². The topological polar surface area (TPSA) is 73.2 Å². The average Bonchev–Trinajstić information content (AvgIpc) is 2.90. The quantitative estimate of drug-likeness (QED) is 0.724. The summed E-state index contributed by atoms with van der Waals surface area (Å²) in [6.45, 7) is 0.955. The zero-order chi connectivity index (χ0) is 15.7. The van der Waals surface area contributed by atoms with Crippen LogP contribution in [0.3, 0.4) is 0 Å². The molecule has 22 heavy (non-hydrogen) atoms. The first-order valence-electron chi connectivity index (χ1n) is 7.12. The van der Waals surface area contributed by atoms with Crippen LogP contribution in [0.15, 0.2) is 42.5 Å². The van der Waals surface area contributed by atoms with E-state index in [1.807, 2.05) is 12.1 Å². The summed E-state index contributed by atoms with van der Waals surface area (Å²) in [5.74, 6) is -1.18. The van der Waals surface area contributed by atoms with Gasteiger partial charge in [0, 0.05) is 16.5 Å². The Morgan fingerprint density at radius 1 is 1.18 bits per heavy atom. The lowest BCUT2D eigenvalue weighted by atomic mass is 10.0. The molecule has 0 saturated heterocycles. The number of nitrogens with zero attached hydrogens (tertiary/aromatic N) is 1. The molecule has 3 aromatic rings. The van der Waals surface area contributed by atoms with Crippen LogP contribution in [-0.2, 0) is 6.54 Å². The molecule has 0 amide bonds. The number of fused-ring (bicyclic) bond motifs is 1. The highest BCUT2D eigenvalue weighted by atomic mass is 16.4. The van der Waals surface area contributed by atoms with Crippen molar-refractivity contribution in [1.29, 1.82) is 0 Å². The van der Waals surface area contributed by atoms with Crippen molar-refractivity contribution in [1.82, 2.24) is 10.2 Å². The Labute approximate surface area is 128 Å². The van der Waals surface area contributed by atoms with Crippen LogP contribution in [-0.4, -0.2) is 30.3 Å². The van der Waals surface area contributed by atoms with Gasteiger partial charge in [0.15, 0.2) is 0 Å². The van der Waals surface area contributed by atoms with Gasteiger partial charge in [-0.25, -0.2) is 0 Å². The standard InChI is InChI=1S/C17H17N3O2/c1-20(2)10-11-3-5-12(6-4-11)16-14-9-13(17(21)22)7-8-15(14)18-19-16/h3-9H,10H2,1-2H3,(H,18,19)(H,21,22). The molecule has 5 heteroatoms. The second kappa shape index (κ2) is 5.61. The number of carboxylic acids is 1. The average molecular weight is 295 g/mol. The predicted octanol–water partition coefficient (Wildman–Crippen LogP) is 0.238. The molecule has 112 valence electrons. The summed E-state index contributed by atoms with van der Waals surface area (Å²) in [5, 5.41) is 19.0. The molecule has 0 fully saturated rings. The van der Waals surface area contributed by atoms with E-state index in [0.717, 1.165) is 28.7 Å². The normalized spacial score (nSPS) is 11.2.